The number of aromatic nitrogens is 1. The molecule has 0 aliphatic rings. The molecule has 0 spiro atoms. The van der Waals surface area contributed by atoms with E-state index in [-0.39, 0.29) is 14.6 Å². The third-order valence-electron chi connectivity index (χ3n) is 4.70. The van der Waals surface area contributed by atoms with E-state index in [4.69, 9.17) is 5.73 Å². The standard InChI is InChI=1S/C21H17N3O4S2/c1-24-15-10-6-5-9-14(15)18(19(24)13-7-3-2-4-8-13)21(26)23-30(27,28)17-12-11-16(29-17)20(22)25/h2-12H,1H3,(H2,22,25)(H,23,26). The molecule has 0 saturated carbocycles. The van der Waals surface area contributed by atoms with Crippen molar-refractivity contribution in [3.8, 4) is 11.3 Å². The number of hydrogen-bond donors (Lipinski definition) is 2. The number of thiophene rings is 1. The zero-order valence-corrected chi connectivity index (χ0v) is 17.5. The van der Waals surface area contributed by atoms with Gasteiger partial charge in [-0.05, 0) is 23.8 Å². The van der Waals surface area contributed by atoms with Gasteiger partial charge in [0.25, 0.3) is 21.8 Å². The van der Waals surface area contributed by atoms with E-state index in [9.17, 15) is 18.0 Å². The van der Waals surface area contributed by atoms with Crippen molar-refractivity contribution < 1.29 is 18.0 Å². The summed E-state index contributed by atoms with van der Waals surface area (Å²) < 4.78 is 29.4. The summed E-state index contributed by atoms with van der Waals surface area (Å²) in [4.78, 5) is 24.6. The van der Waals surface area contributed by atoms with Crippen molar-refractivity contribution in [1.29, 1.82) is 0 Å². The number of rotatable bonds is 5. The van der Waals surface area contributed by atoms with Gasteiger partial charge in [0.2, 0.25) is 0 Å². The minimum absolute atomic E-state index is 0.0953. The van der Waals surface area contributed by atoms with Crippen LogP contribution >= 0.6 is 11.3 Å². The maximum atomic E-state index is 13.2. The van der Waals surface area contributed by atoms with Crippen molar-refractivity contribution in [1.82, 2.24) is 9.29 Å². The highest BCUT2D eigenvalue weighted by Gasteiger charge is 2.27. The monoisotopic (exact) mass is 439 g/mol. The van der Waals surface area contributed by atoms with E-state index in [1.807, 2.05) is 54.1 Å². The van der Waals surface area contributed by atoms with Gasteiger partial charge < -0.3 is 10.3 Å². The number of amides is 2. The molecular formula is C21H17N3O4S2. The molecule has 2 aromatic heterocycles. The van der Waals surface area contributed by atoms with Crippen LogP contribution < -0.4 is 10.5 Å². The number of primary amides is 1. The molecule has 0 aliphatic carbocycles. The molecule has 0 fully saturated rings. The number of aryl methyl sites for hydroxylation is 1. The summed E-state index contributed by atoms with van der Waals surface area (Å²) in [6.45, 7) is 0. The molecule has 0 unspecified atom stereocenters. The first-order valence-corrected chi connectivity index (χ1v) is 11.2. The number of nitrogens with two attached hydrogens (primary N) is 1. The number of benzene rings is 2. The Kier molecular flexibility index (Phi) is 4.92. The van der Waals surface area contributed by atoms with Gasteiger partial charge in [-0.25, -0.2) is 13.1 Å². The van der Waals surface area contributed by atoms with E-state index < -0.39 is 21.8 Å². The van der Waals surface area contributed by atoms with Gasteiger partial charge in [-0.1, -0.05) is 48.5 Å². The molecule has 0 bridgehead atoms. The Morgan fingerprint density at radius 1 is 0.967 bits per heavy atom. The first-order chi connectivity index (χ1) is 14.3. The molecule has 4 rings (SSSR count). The largest absolute Gasteiger partial charge is 0.365 e. The van der Waals surface area contributed by atoms with E-state index in [1.54, 1.807) is 12.1 Å². The minimum atomic E-state index is -4.18. The molecule has 9 heteroatoms. The number of nitrogens with one attached hydrogen (secondary N) is 1. The van der Waals surface area contributed by atoms with E-state index in [1.165, 1.54) is 12.1 Å². The Morgan fingerprint density at radius 3 is 2.30 bits per heavy atom. The van der Waals surface area contributed by atoms with Crippen LogP contribution in [-0.4, -0.2) is 24.8 Å². The molecule has 0 atom stereocenters. The minimum Gasteiger partial charge on any atom is -0.365 e. The molecule has 4 aromatic rings. The molecule has 2 amide bonds. The van der Waals surface area contributed by atoms with Gasteiger partial charge in [0.1, 0.15) is 4.21 Å². The van der Waals surface area contributed by atoms with Gasteiger partial charge in [0, 0.05) is 18.0 Å². The Labute approximate surface area is 176 Å². The third-order valence-corrected chi connectivity index (χ3v) is 7.62. The lowest BCUT2D eigenvalue weighted by Crippen LogP contribution is -2.30. The van der Waals surface area contributed by atoms with E-state index in [0.29, 0.717) is 22.4 Å². The Balaban J connectivity index is 1.82. The van der Waals surface area contributed by atoms with Crippen LogP contribution in [0.1, 0.15) is 20.0 Å². The van der Waals surface area contributed by atoms with Crippen molar-refractivity contribution in [2.75, 3.05) is 0 Å². The smallest absolute Gasteiger partial charge is 0.273 e. The van der Waals surface area contributed by atoms with Crippen molar-refractivity contribution >= 4 is 44.1 Å². The van der Waals surface area contributed by atoms with Gasteiger partial charge in [0.15, 0.2) is 0 Å². The number of nitrogens with zero attached hydrogens (tertiary/aromatic N) is 1. The zero-order valence-electron chi connectivity index (χ0n) is 15.8. The molecule has 3 N–H and O–H groups in total. The lowest BCUT2D eigenvalue weighted by atomic mass is 10.0. The van der Waals surface area contributed by atoms with Crippen LogP contribution in [0.4, 0.5) is 0 Å². The van der Waals surface area contributed by atoms with Crippen molar-refractivity contribution in [3.63, 3.8) is 0 Å². The lowest BCUT2D eigenvalue weighted by Gasteiger charge is -2.09. The third kappa shape index (κ3) is 3.38. The second-order valence-corrected chi connectivity index (χ2v) is 9.58. The van der Waals surface area contributed by atoms with E-state index >= 15 is 0 Å². The summed E-state index contributed by atoms with van der Waals surface area (Å²) in [7, 11) is -2.35. The predicted molar refractivity (Wildman–Crippen MR) is 116 cm³/mol. The van der Waals surface area contributed by atoms with Crippen molar-refractivity contribution in [2.24, 2.45) is 12.8 Å². The average Bonchev–Trinajstić information content (AvgIpc) is 3.33. The van der Waals surface area contributed by atoms with Crippen LogP contribution in [0.15, 0.2) is 70.9 Å². The first kappa shape index (κ1) is 19.9. The van der Waals surface area contributed by atoms with Gasteiger partial charge in [-0.2, -0.15) is 0 Å². The average molecular weight is 440 g/mol. The Bertz CT molecular complexity index is 1390. The molecule has 30 heavy (non-hydrogen) atoms. The van der Waals surface area contributed by atoms with Crippen LogP contribution in [0.25, 0.3) is 22.2 Å². The second-order valence-electron chi connectivity index (χ2n) is 6.58. The van der Waals surface area contributed by atoms with Crippen LogP contribution in [0.3, 0.4) is 0 Å². The number of hydrogen-bond acceptors (Lipinski definition) is 5. The van der Waals surface area contributed by atoms with Crippen LogP contribution in [0.2, 0.25) is 0 Å². The van der Waals surface area contributed by atoms with E-state index in [2.05, 4.69) is 4.72 Å². The van der Waals surface area contributed by atoms with Gasteiger partial charge in [-0.3, -0.25) is 9.59 Å². The maximum Gasteiger partial charge on any atom is 0.273 e. The van der Waals surface area contributed by atoms with Crippen LogP contribution in [-0.2, 0) is 17.1 Å². The summed E-state index contributed by atoms with van der Waals surface area (Å²) in [6, 6.07) is 19.1. The fraction of sp³-hybridized carbons (Fsp3) is 0.0476. The maximum absolute atomic E-state index is 13.2. The molecular weight excluding hydrogens is 422 g/mol. The highest BCUT2D eigenvalue weighted by atomic mass is 32.2. The SMILES string of the molecule is Cn1c(-c2ccccc2)c(C(=O)NS(=O)(=O)c2ccc(C(N)=O)s2)c2ccccc21. The number of carbonyl (C=O) groups is 2. The van der Waals surface area contributed by atoms with Crippen LogP contribution in [0.5, 0.6) is 0 Å². The number of carbonyl (C=O) groups excluding carboxylic acids is 2. The fourth-order valence-corrected chi connectivity index (χ4v) is 5.49. The topological polar surface area (TPSA) is 111 Å². The highest BCUT2D eigenvalue weighted by Crippen LogP contribution is 2.33. The highest BCUT2D eigenvalue weighted by molar-refractivity contribution is 7.92. The van der Waals surface area contributed by atoms with Crippen LogP contribution in [0, 0.1) is 0 Å². The van der Waals surface area contributed by atoms with E-state index in [0.717, 1.165) is 11.1 Å². The molecule has 7 nitrogen and oxygen atoms in total. The van der Waals surface area contributed by atoms with Gasteiger partial charge in [-0.15, -0.1) is 11.3 Å². The summed E-state index contributed by atoms with van der Waals surface area (Å²) in [5.74, 6) is -1.48. The molecule has 2 heterocycles. The molecule has 0 radical (unpaired) electrons. The lowest BCUT2D eigenvalue weighted by molar-refractivity contribution is 0.0980. The predicted octanol–water partition coefficient (Wildman–Crippen LogP) is 3.12. The molecule has 2 aromatic carbocycles. The summed E-state index contributed by atoms with van der Waals surface area (Å²) in [6.07, 6.45) is 0. The number of para-hydroxylation sites is 1. The summed E-state index contributed by atoms with van der Waals surface area (Å²) in [5.41, 5.74) is 7.64. The van der Waals surface area contributed by atoms with Gasteiger partial charge in [0.05, 0.1) is 16.1 Å². The quantitative estimate of drug-likeness (QED) is 0.498. The Morgan fingerprint density at radius 2 is 1.63 bits per heavy atom. The first-order valence-electron chi connectivity index (χ1n) is 8.89. The zero-order chi connectivity index (χ0) is 21.5. The molecule has 0 saturated heterocycles. The molecule has 152 valence electrons. The summed E-state index contributed by atoms with van der Waals surface area (Å²) >= 11 is 0.712. The van der Waals surface area contributed by atoms with Crippen molar-refractivity contribution in [3.05, 3.63) is 77.2 Å². The van der Waals surface area contributed by atoms with Gasteiger partial charge >= 0.3 is 0 Å². The summed E-state index contributed by atoms with van der Waals surface area (Å²) in [5, 5.41) is 0.635. The number of sulfonamides is 1. The fourth-order valence-electron chi connectivity index (χ4n) is 3.38. The van der Waals surface area contributed by atoms with Crippen molar-refractivity contribution in [2.45, 2.75) is 4.21 Å². The molecule has 0 aliphatic heterocycles. The Hall–Kier alpha value is -3.43. The normalized spacial score (nSPS) is 11.5. The number of fused-ring (bicyclic) bond motifs is 1. The second kappa shape index (κ2) is 7.43.